The predicted molar refractivity (Wildman–Crippen MR) is 60.5 cm³/mol. The van der Waals surface area contributed by atoms with Crippen molar-refractivity contribution in [3.05, 3.63) is 48.7 Å². The van der Waals surface area contributed by atoms with Crippen LogP contribution in [0.4, 0.5) is 4.39 Å². The van der Waals surface area contributed by atoms with Crippen molar-refractivity contribution >= 4 is 11.0 Å². The Morgan fingerprint density at radius 1 is 0.824 bits per heavy atom. The minimum Gasteiger partial charge on any atom is -0.250 e. The summed E-state index contributed by atoms with van der Waals surface area (Å²) < 4.78 is 13.4. The minimum atomic E-state index is -0.701. The van der Waals surface area contributed by atoms with Crippen LogP contribution in [0.1, 0.15) is 0 Å². The summed E-state index contributed by atoms with van der Waals surface area (Å²) in [6.45, 7) is 0. The number of fused-ring (bicyclic) bond motifs is 1. The average Bonchev–Trinajstić information content (AvgIpc) is 2.41. The molecule has 3 rings (SSSR count). The van der Waals surface area contributed by atoms with Crippen molar-refractivity contribution in [1.82, 2.24) is 20.2 Å². The van der Waals surface area contributed by atoms with E-state index in [1.807, 2.05) is 30.3 Å². The van der Waals surface area contributed by atoms with E-state index in [0.717, 1.165) is 5.56 Å². The topological polar surface area (TPSA) is 51.6 Å². The van der Waals surface area contributed by atoms with Crippen LogP contribution >= 0.6 is 0 Å². The molecule has 0 saturated carbocycles. The summed E-state index contributed by atoms with van der Waals surface area (Å²) in [4.78, 5) is 8.04. The number of hydrogen-bond acceptors (Lipinski definition) is 4. The van der Waals surface area contributed by atoms with Gasteiger partial charge in [-0.1, -0.05) is 30.3 Å². The third-order valence-electron chi connectivity index (χ3n) is 2.40. The maximum atomic E-state index is 13.4. The Balaban J connectivity index is 2.35. The van der Waals surface area contributed by atoms with Gasteiger partial charge in [0.05, 0.1) is 0 Å². The van der Waals surface area contributed by atoms with Crippen LogP contribution in [0.25, 0.3) is 22.3 Å². The summed E-state index contributed by atoms with van der Waals surface area (Å²) in [6.07, 6.45) is 2.94. The lowest BCUT2D eigenvalue weighted by Gasteiger charge is -2.03. The van der Waals surface area contributed by atoms with Crippen molar-refractivity contribution in [2.45, 2.75) is 0 Å². The van der Waals surface area contributed by atoms with E-state index >= 15 is 0 Å². The molecular formula is C12H7FN4. The van der Waals surface area contributed by atoms with Crippen molar-refractivity contribution in [3.63, 3.8) is 0 Å². The first-order valence-electron chi connectivity index (χ1n) is 5.04. The van der Waals surface area contributed by atoms with Crippen LogP contribution in [0, 0.1) is 5.95 Å². The molecule has 0 saturated heterocycles. The van der Waals surface area contributed by atoms with Gasteiger partial charge in [0.25, 0.3) is 5.95 Å². The van der Waals surface area contributed by atoms with Crippen molar-refractivity contribution in [2.75, 3.05) is 0 Å². The van der Waals surface area contributed by atoms with Crippen molar-refractivity contribution in [1.29, 1.82) is 0 Å². The van der Waals surface area contributed by atoms with Gasteiger partial charge < -0.3 is 0 Å². The molecule has 0 aliphatic rings. The third-order valence-corrected chi connectivity index (χ3v) is 2.40. The second kappa shape index (κ2) is 3.86. The fourth-order valence-corrected chi connectivity index (χ4v) is 1.64. The molecule has 0 fully saturated rings. The van der Waals surface area contributed by atoms with Crippen LogP contribution in [-0.2, 0) is 0 Å². The standard InChI is InChI=1S/C12H7FN4/c13-12-11-10(14-6-7-15-11)9(16-17-12)8-4-2-1-3-5-8/h1-7H. The number of rotatable bonds is 1. The molecule has 2 heterocycles. The van der Waals surface area contributed by atoms with Gasteiger partial charge in [-0.2, -0.15) is 4.39 Å². The molecule has 4 nitrogen and oxygen atoms in total. The van der Waals surface area contributed by atoms with Gasteiger partial charge >= 0.3 is 0 Å². The smallest absolute Gasteiger partial charge is 0.250 e. The molecule has 0 atom stereocenters. The molecule has 0 aliphatic carbocycles. The SMILES string of the molecule is Fc1nnc(-c2ccccc2)c2nccnc12. The van der Waals surface area contributed by atoms with Crippen LogP contribution in [0.15, 0.2) is 42.7 Å². The van der Waals surface area contributed by atoms with E-state index in [2.05, 4.69) is 20.2 Å². The largest absolute Gasteiger partial charge is 0.261 e. The van der Waals surface area contributed by atoms with Crippen molar-refractivity contribution < 1.29 is 4.39 Å². The lowest BCUT2D eigenvalue weighted by atomic mass is 10.1. The normalized spacial score (nSPS) is 10.6. The molecule has 0 amide bonds. The van der Waals surface area contributed by atoms with Gasteiger partial charge in [0.15, 0.2) is 0 Å². The highest BCUT2D eigenvalue weighted by Crippen LogP contribution is 2.23. The van der Waals surface area contributed by atoms with Gasteiger partial charge in [-0.05, 0) is 0 Å². The molecule has 1 aromatic carbocycles. The quantitative estimate of drug-likeness (QED) is 0.638. The van der Waals surface area contributed by atoms with Crippen LogP contribution in [0.5, 0.6) is 0 Å². The summed E-state index contributed by atoms with van der Waals surface area (Å²) in [7, 11) is 0. The number of benzene rings is 1. The van der Waals surface area contributed by atoms with E-state index in [1.165, 1.54) is 12.4 Å². The molecule has 2 aromatic heterocycles. The first kappa shape index (κ1) is 9.77. The van der Waals surface area contributed by atoms with Crippen LogP contribution in [-0.4, -0.2) is 20.2 Å². The highest BCUT2D eigenvalue weighted by atomic mass is 19.1. The highest BCUT2D eigenvalue weighted by Gasteiger charge is 2.12. The molecule has 17 heavy (non-hydrogen) atoms. The van der Waals surface area contributed by atoms with Gasteiger partial charge in [-0.25, -0.2) is 4.98 Å². The van der Waals surface area contributed by atoms with E-state index in [9.17, 15) is 4.39 Å². The van der Waals surface area contributed by atoms with Crippen molar-refractivity contribution in [3.8, 4) is 11.3 Å². The summed E-state index contributed by atoms with van der Waals surface area (Å²) in [5, 5.41) is 7.31. The van der Waals surface area contributed by atoms with E-state index in [0.29, 0.717) is 11.2 Å². The third kappa shape index (κ3) is 1.61. The molecule has 82 valence electrons. The number of nitrogens with zero attached hydrogens (tertiary/aromatic N) is 4. The first-order valence-corrected chi connectivity index (χ1v) is 5.04. The molecule has 0 N–H and O–H groups in total. The summed E-state index contributed by atoms with van der Waals surface area (Å²) >= 11 is 0. The molecule has 0 aliphatic heterocycles. The summed E-state index contributed by atoms with van der Waals surface area (Å²) in [5.41, 5.74) is 1.94. The molecular weight excluding hydrogens is 219 g/mol. The Bertz CT molecular complexity index is 670. The monoisotopic (exact) mass is 226 g/mol. The van der Waals surface area contributed by atoms with Gasteiger partial charge in [0, 0.05) is 18.0 Å². The molecule has 5 heteroatoms. The Morgan fingerprint density at radius 2 is 1.53 bits per heavy atom. The maximum Gasteiger partial charge on any atom is 0.261 e. The van der Waals surface area contributed by atoms with Gasteiger partial charge in [0.2, 0.25) is 0 Å². The molecule has 3 aromatic rings. The molecule has 0 spiro atoms. The van der Waals surface area contributed by atoms with E-state index in [-0.39, 0.29) is 5.52 Å². The second-order valence-electron chi connectivity index (χ2n) is 3.46. The lowest BCUT2D eigenvalue weighted by molar-refractivity contribution is 0.574. The van der Waals surface area contributed by atoms with E-state index in [1.54, 1.807) is 0 Å². The fourth-order valence-electron chi connectivity index (χ4n) is 1.64. The van der Waals surface area contributed by atoms with E-state index < -0.39 is 5.95 Å². The summed E-state index contributed by atoms with van der Waals surface area (Å²) in [5.74, 6) is -0.701. The van der Waals surface area contributed by atoms with Crippen LogP contribution < -0.4 is 0 Å². The van der Waals surface area contributed by atoms with Crippen molar-refractivity contribution in [2.24, 2.45) is 0 Å². The number of aromatic nitrogens is 4. The molecule has 0 bridgehead atoms. The zero-order chi connectivity index (χ0) is 11.7. The fraction of sp³-hybridized carbons (Fsp3) is 0. The van der Waals surface area contributed by atoms with Crippen LogP contribution in [0.2, 0.25) is 0 Å². The maximum absolute atomic E-state index is 13.4. The Labute approximate surface area is 96.2 Å². The molecule has 0 radical (unpaired) electrons. The van der Waals surface area contributed by atoms with Gasteiger partial charge in [-0.3, -0.25) is 4.98 Å². The number of hydrogen-bond donors (Lipinski definition) is 0. The zero-order valence-corrected chi connectivity index (χ0v) is 8.71. The summed E-state index contributed by atoms with van der Waals surface area (Å²) in [6, 6.07) is 9.39. The lowest BCUT2D eigenvalue weighted by Crippen LogP contribution is -1.97. The second-order valence-corrected chi connectivity index (χ2v) is 3.46. The molecule has 0 unspecified atom stereocenters. The highest BCUT2D eigenvalue weighted by molar-refractivity contribution is 5.87. The minimum absolute atomic E-state index is 0.140. The van der Waals surface area contributed by atoms with Gasteiger partial charge in [-0.15, -0.1) is 10.2 Å². The van der Waals surface area contributed by atoms with Crippen LogP contribution in [0.3, 0.4) is 0 Å². The first-order chi connectivity index (χ1) is 8.36. The van der Waals surface area contributed by atoms with E-state index in [4.69, 9.17) is 0 Å². The Morgan fingerprint density at radius 3 is 2.29 bits per heavy atom. The Kier molecular flexibility index (Phi) is 2.22. The average molecular weight is 226 g/mol. The Hall–Kier alpha value is -2.43. The van der Waals surface area contributed by atoms with Gasteiger partial charge in [0.1, 0.15) is 16.7 Å². The predicted octanol–water partition coefficient (Wildman–Crippen LogP) is 2.23. The zero-order valence-electron chi connectivity index (χ0n) is 8.71. The number of halogens is 1.